The molecule has 2 aromatic rings. The monoisotopic (exact) mass is 349 g/mol. The number of hydrogen-bond acceptors (Lipinski definition) is 1. The molecule has 1 amide bonds. The third-order valence-corrected chi connectivity index (χ3v) is 5.10. The molecule has 0 atom stereocenters. The Labute approximate surface area is 156 Å². The summed E-state index contributed by atoms with van der Waals surface area (Å²) in [6.45, 7) is 9.04. The van der Waals surface area contributed by atoms with E-state index >= 15 is 0 Å². The second kappa shape index (κ2) is 8.81. The number of hydrogen-bond donors (Lipinski definition) is 1. The third kappa shape index (κ3) is 4.83. The molecule has 1 N–H and O–H groups in total. The number of piperazine rings is 1. The largest absolute Gasteiger partial charge is 0.329 e. The summed E-state index contributed by atoms with van der Waals surface area (Å²) in [6, 6.07) is 18.5. The lowest BCUT2D eigenvalue weighted by Crippen LogP contribution is -3.14. The zero-order valence-corrected chi connectivity index (χ0v) is 15.8. The third-order valence-electron chi connectivity index (χ3n) is 5.10. The molecule has 0 unspecified atom stereocenters. The summed E-state index contributed by atoms with van der Waals surface area (Å²) in [5.74, 6) is 0.662. The van der Waals surface area contributed by atoms with Crippen LogP contribution in [0, 0.1) is 0 Å². The van der Waals surface area contributed by atoms with Crippen LogP contribution in [0.2, 0.25) is 0 Å². The number of carbonyl (C=O) groups is 1. The van der Waals surface area contributed by atoms with E-state index < -0.39 is 0 Å². The van der Waals surface area contributed by atoms with Gasteiger partial charge in [-0.05, 0) is 35.3 Å². The van der Waals surface area contributed by atoms with Crippen LogP contribution < -0.4 is 4.90 Å². The summed E-state index contributed by atoms with van der Waals surface area (Å²) in [4.78, 5) is 16.2. The van der Waals surface area contributed by atoms with Crippen molar-refractivity contribution in [3.8, 4) is 0 Å². The van der Waals surface area contributed by atoms with Crippen molar-refractivity contribution in [3.63, 3.8) is 0 Å². The molecule has 0 bridgehead atoms. The summed E-state index contributed by atoms with van der Waals surface area (Å²) < 4.78 is 0. The van der Waals surface area contributed by atoms with E-state index in [1.807, 2.05) is 23.1 Å². The van der Waals surface area contributed by atoms with Gasteiger partial charge in [-0.3, -0.25) is 4.79 Å². The van der Waals surface area contributed by atoms with Crippen molar-refractivity contribution in [2.75, 3.05) is 32.7 Å². The maximum Gasteiger partial charge on any atom is 0.254 e. The molecule has 0 aromatic heterocycles. The van der Waals surface area contributed by atoms with Gasteiger partial charge in [0.1, 0.15) is 0 Å². The van der Waals surface area contributed by atoms with Gasteiger partial charge in [0.05, 0.1) is 32.7 Å². The van der Waals surface area contributed by atoms with Gasteiger partial charge in [0.2, 0.25) is 0 Å². The molecule has 1 aliphatic heterocycles. The Kier molecular flexibility index (Phi) is 6.24. The molecule has 1 fully saturated rings. The zero-order valence-electron chi connectivity index (χ0n) is 15.8. The van der Waals surface area contributed by atoms with E-state index in [1.54, 1.807) is 0 Å². The normalized spacial score (nSPS) is 15.7. The van der Waals surface area contributed by atoms with E-state index in [9.17, 15) is 4.79 Å². The van der Waals surface area contributed by atoms with Crippen LogP contribution in [0.1, 0.15) is 41.3 Å². The molecular formula is C23H29N2O+. The quantitative estimate of drug-likeness (QED) is 0.882. The second-order valence-electron chi connectivity index (χ2n) is 7.34. The van der Waals surface area contributed by atoms with Crippen molar-refractivity contribution in [2.45, 2.75) is 19.8 Å². The number of nitrogens with one attached hydrogen (secondary N) is 1. The van der Waals surface area contributed by atoms with Crippen LogP contribution in [0.5, 0.6) is 0 Å². The Morgan fingerprint density at radius 3 is 2.31 bits per heavy atom. The van der Waals surface area contributed by atoms with Gasteiger partial charge < -0.3 is 9.80 Å². The maximum absolute atomic E-state index is 12.7. The average molecular weight is 349 g/mol. The SMILES string of the molecule is CC(C)c1ccc(C(=O)N2CC[NH+](C/C=C/c3ccccc3)CC2)cc1. The average Bonchev–Trinajstić information content (AvgIpc) is 2.69. The van der Waals surface area contributed by atoms with Crippen molar-refractivity contribution < 1.29 is 9.69 Å². The second-order valence-corrected chi connectivity index (χ2v) is 7.34. The highest BCUT2D eigenvalue weighted by Crippen LogP contribution is 2.15. The Balaban J connectivity index is 1.48. The number of amides is 1. The van der Waals surface area contributed by atoms with Gasteiger partial charge in [-0.25, -0.2) is 0 Å². The molecule has 3 nitrogen and oxygen atoms in total. The molecule has 2 aromatic carbocycles. The molecule has 1 aliphatic rings. The predicted molar refractivity (Wildman–Crippen MR) is 107 cm³/mol. The maximum atomic E-state index is 12.7. The van der Waals surface area contributed by atoms with Gasteiger partial charge in [-0.1, -0.05) is 62.4 Å². The van der Waals surface area contributed by atoms with Gasteiger partial charge >= 0.3 is 0 Å². The van der Waals surface area contributed by atoms with Gasteiger partial charge in [0.25, 0.3) is 5.91 Å². The Morgan fingerprint density at radius 2 is 1.69 bits per heavy atom. The first-order chi connectivity index (χ1) is 12.6. The fourth-order valence-electron chi connectivity index (χ4n) is 3.35. The molecule has 3 rings (SSSR count). The van der Waals surface area contributed by atoms with Crippen molar-refractivity contribution in [2.24, 2.45) is 0 Å². The minimum atomic E-state index is 0.166. The van der Waals surface area contributed by atoms with Crippen molar-refractivity contribution >= 4 is 12.0 Å². The molecule has 136 valence electrons. The summed E-state index contributed by atoms with van der Waals surface area (Å²) >= 11 is 0. The van der Waals surface area contributed by atoms with Gasteiger partial charge in [0, 0.05) is 5.56 Å². The lowest BCUT2D eigenvalue weighted by molar-refractivity contribution is -0.898. The Bertz CT molecular complexity index is 727. The number of rotatable bonds is 5. The molecule has 3 heteroatoms. The van der Waals surface area contributed by atoms with Crippen LogP contribution in [-0.2, 0) is 0 Å². The molecule has 1 saturated heterocycles. The topological polar surface area (TPSA) is 24.8 Å². The van der Waals surface area contributed by atoms with E-state index in [0.29, 0.717) is 5.92 Å². The highest BCUT2D eigenvalue weighted by Gasteiger charge is 2.23. The Morgan fingerprint density at radius 1 is 1.04 bits per heavy atom. The van der Waals surface area contributed by atoms with Crippen molar-refractivity contribution in [1.82, 2.24) is 4.90 Å². The summed E-state index contributed by atoms with van der Waals surface area (Å²) in [5.41, 5.74) is 3.33. The highest BCUT2D eigenvalue weighted by molar-refractivity contribution is 5.94. The minimum Gasteiger partial charge on any atom is -0.329 e. The van der Waals surface area contributed by atoms with Gasteiger partial charge in [0.15, 0.2) is 0 Å². The lowest BCUT2D eigenvalue weighted by atomic mass is 10.0. The van der Waals surface area contributed by atoms with Crippen molar-refractivity contribution in [3.05, 3.63) is 77.4 Å². The van der Waals surface area contributed by atoms with Crippen LogP contribution in [0.15, 0.2) is 60.7 Å². The van der Waals surface area contributed by atoms with Crippen LogP contribution in [-0.4, -0.2) is 43.5 Å². The van der Waals surface area contributed by atoms with Crippen LogP contribution in [0.3, 0.4) is 0 Å². The van der Waals surface area contributed by atoms with Crippen LogP contribution >= 0.6 is 0 Å². The van der Waals surface area contributed by atoms with E-state index in [0.717, 1.165) is 38.3 Å². The van der Waals surface area contributed by atoms with Crippen LogP contribution in [0.4, 0.5) is 0 Å². The summed E-state index contributed by atoms with van der Waals surface area (Å²) in [7, 11) is 0. The van der Waals surface area contributed by atoms with E-state index in [1.165, 1.54) is 16.0 Å². The fourth-order valence-corrected chi connectivity index (χ4v) is 3.35. The number of benzene rings is 2. The minimum absolute atomic E-state index is 0.166. The highest BCUT2D eigenvalue weighted by atomic mass is 16.2. The van der Waals surface area contributed by atoms with E-state index in [4.69, 9.17) is 0 Å². The standard InChI is InChI=1S/C23H28N2O/c1-19(2)21-10-12-22(13-11-21)23(26)25-17-15-24(16-18-25)14-6-9-20-7-4-3-5-8-20/h3-13,19H,14-18H2,1-2H3/p+1/b9-6+. The molecule has 0 radical (unpaired) electrons. The number of quaternary nitrogens is 1. The molecular weight excluding hydrogens is 320 g/mol. The molecule has 0 aliphatic carbocycles. The summed E-state index contributed by atoms with van der Waals surface area (Å²) in [6.07, 6.45) is 4.42. The molecule has 1 heterocycles. The fraction of sp³-hybridized carbons (Fsp3) is 0.348. The van der Waals surface area contributed by atoms with E-state index in [2.05, 4.69) is 62.4 Å². The first kappa shape index (κ1) is 18.4. The Hall–Kier alpha value is -2.39. The molecule has 0 saturated carbocycles. The first-order valence-electron chi connectivity index (χ1n) is 9.58. The molecule has 26 heavy (non-hydrogen) atoms. The number of nitrogens with zero attached hydrogens (tertiary/aromatic N) is 1. The van der Waals surface area contributed by atoms with Gasteiger partial charge in [-0.2, -0.15) is 0 Å². The predicted octanol–water partition coefficient (Wildman–Crippen LogP) is 2.86. The van der Waals surface area contributed by atoms with Crippen LogP contribution in [0.25, 0.3) is 6.08 Å². The number of carbonyl (C=O) groups excluding carboxylic acids is 1. The summed E-state index contributed by atoms with van der Waals surface area (Å²) in [5, 5.41) is 0. The smallest absolute Gasteiger partial charge is 0.254 e. The lowest BCUT2D eigenvalue weighted by Gasteiger charge is -2.31. The van der Waals surface area contributed by atoms with Gasteiger partial charge in [-0.15, -0.1) is 0 Å². The van der Waals surface area contributed by atoms with E-state index in [-0.39, 0.29) is 5.91 Å². The first-order valence-corrected chi connectivity index (χ1v) is 9.58. The molecule has 0 spiro atoms. The zero-order chi connectivity index (χ0) is 18.4. The van der Waals surface area contributed by atoms with Crippen molar-refractivity contribution in [1.29, 1.82) is 0 Å².